The van der Waals surface area contributed by atoms with Crippen LogP contribution in [0.4, 0.5) is 0 Å². The van der Waals surface area contributed by atoms with Gasteiger partial charge in [0, 0.05) is 21.8 Å². The highest BCUT2D eigenvalue weighted by Gasteiger charge is 2.19. The SMILES string of the molecule is BrC1=Cc2ccc3c4c(ccc(c24)C1)C=C(Br)C3. The minimum Gasteiger partial charge on any atom is -0.0574 e. The van der Waals surface area contributed by atoms with Gasteiger partial charge in [0.1, 0.15) is 0 Å². The molecule has 0 atom stereocenters. The maximum Gasteiger partial charge on any atom is 0.00472 e. The molecule has 0 unspecified atom stereocenters. The first kappa shape index (κ1) is 11.0. The number of benzene rings is 2. The molecule has 88 valence electrons. The average Bonchev–Trinajstić information content (AvgIpc) is 2.34. The van der Waals surface area contributed by atoms with Gasteiger partial charge in [-0.25, -0.2) is 0 Å². The van der Waals surface area contributed by atoms with Gasteiger partial charge in [0.25, 0.3) is 0 Å². The number of allylic oxidation sites excluding steroid dienone is 2. The minimum atomic E-state index is 1.01. The molecule has 0 amide bonds. The van der Waals surface area contributed by atoms with Crippen LogP contribution in [0.1, 0.15) is 22.3 Å². The van der Waals surface area contributed by atoms with E-state index in [0.717, 1.165) is 12.8 Å². The lowest BCUT2D eigenvalue weighted by Gasteiger charge is -2.21. The lowest BCUT2D eigenvalue weighted by molar-refractivity contribution is 1.24. The Balaban J connectivity index is 2.20. The fourth-order valence-corrected chi connectivity index (χ4v) is 4.13. The van der Waals surface area contributed by atoms with Gasteiger partial charge in [-0.2, -0.15) is 0 Å². The van der Waals surface area contributed by atoms with E-state index in [1.165, 1.54) is 42.0 Å². The first-order chi connectivity index (χ1) is 8.72. The summed E-state index contributed by atoms with van der Waals surface area (Å²) >= 11 is 7.28. The predicted octanol–water partition coefficient (Wildman–Crippen LogP) is 5.42. The second kappa shape index (κ2) is 3.82. The molecule has 2 aromatic carbocycles. The highest BCUT2D eigenvalue weighted by Crippen LogP contribution is 2.40. The Hall–Kier alpha value is -0.860. The third-order valence-electron chi connectivity index (χ3n) is 3.74. The molecule has 2 aliphatic rings. The van der Waals surface area contributed by atoms with Crippen LogP contribution in [0.2, 0.25) is 0 Å². The molecule has 0 aliphatic heterocycles. The van der Waals surface area contributed by atoms with Gasteiger partial charge in [0.2, 0.25) is 0 Å². The lowest BCUT2D eigenvalue weighted by atomic mass is 9.85. The zero-order valence-corrected chi connectivity index (χ0v) is 12.8. The molecule has 4 rings (SSSR count). The number of rotatable bonds is 0. The second-order valence-electron chi connectivity index (χ2n) is 4.91. The third-order valence-corrected chi connectivity index (χ3v) is 4.76. The monoisotopic (exact) mass is 360 g/mol. The van der Waals surface area contributed by atoms with Crippen LogP contribution >= 0.6 is 31.9 Å². The van der Waals surface area contributed by atoms with E-state index in [1.54, 1.807) is 0 Å². The molecular formula is C16H10Br2. The van der Waals surface area contributed by atoms with Crippen molar-refractivity contribution in [3.63, 3.8) is 0 Å². The van der Waals surface area contributed by atoms with Crippen LogP contribution in [0.3, 0.4) is 0 Å². The normalized spacial score (nSPS) is 16.6. The molecule has 2 aromatic rings. The molecule has 0 bridgehead atoms. The van der Waals surface area contributed by atoms with Crippen molar-refractivity contribution < 1.29 is 0 Å². The molecule has 18 heavy (non-hydrogen) atoms. The fourth-order valence-electron chi connectivity index (χ4n) is 3.03. The van der Waals surface area contributed by atoms with Gasteiger partial charge in [0.05, 0.1) is 0 Å². The Kier molecular flexibility index (Phi) is 2.33. The van der Waals surface area contributed by atoms with Gasteiger partial charge in [-0.3, -0.25) is 0 Å². The largest absolute Gasteiger partial charge is 0.0574 e. The first-order valence-corrected chi connectivity index (χ1v) is 7.60. The lowest BCUT2D eigenvalue weighted by Crippen LogP contribution is -2.02. The van der Waals surface area contributed by atoms with Gasteiger partial charge < -0.3 is 0 Å². The van der Waals surface area contributed by atoms with Crippen LogP contribution in [0.25, 0.3) is 22.9 Å². The van der Waals surface area contributed by atoms with Gasteiger partial charge in [-0.15, -0.1) is 0 Å². The van der Waals surface area contributed by atoms with Crippen LogP contribution in [0.5, 0.6) is 0 Å². The molecule has 0 saturated carbocycles. The Morgan fingerprint density at radius 2 is 1.11 bits per heavy atom. The zero-order chi connectivity index (χ0) is 12.3. The summed E-state index contributed by atoms with van der Waals surface area (Å²) in [5.41, 5.74) is 5.56. The van der Waals surface area contributed by atoms with Crippen molar-refractivity contribution in [3.8, 4) is 0 Å². The van der Waals surface area contributed by atoms with E-state index < -0.39 is 0 Å². The Morgan fingerprint density at radius 1 is 0.667 bits per heavy atom. The van der Waals surface area contributed by atoms with Crippen molar-refractivity contribution in [1.82, 2.24) is 0 Å². The van der Waals surface area contributed by atoms with Crippen molar-refractivity contribution in [2.45, 2.75) is 12.8 Å². The van der Waals surface area contributed by atoms with E-state index in [9.17, 15) is 0 Å². The molecule has 0 fully saturated rings. The summed E-state index contributed by atoms with van der Waals surface area (Å²) in [4.78, 5) is 0. The Bertz CT molecular complexity index is 686. The van der Waals surface area contributed by atoms with Crippen molar-refractivity contribution >= 4 is 54.8 Å². The Morgan fingerprint density at radius 3 is 1.56 bits per heavy atom. The van der Waals surface area contributed by atoms with E-state index in [1.807, 2.05) is 0 Å². The molecule has 0 nitrogen and oxygen atoms in total. The molecule has 0 aromatic heterocycles. The van der Waals surface area contributed by atoms with E-state index in [4.69, 9.17) is 0 Å². The molecule has 0 radical (unpaired) electrons. The molecule has 0 heterocycles. The summed E-state index contributed by atoms with van der Waals surface area (Å²) in [6.45, 7) is 0. The van der Waals surface area contributed by atoms with E-state index >= 15 is 0 Å². The molecule has 0 saturated heterocycles. The Labute approximate surface area is 123 Å². The average molecular weight is 362 g/mol. The number of halogens is 2. The summed E-state index contributed by atoms with van der Waals surface area (Å²) in [6.07, 6.45) is 6.53. The van der Waals surface area contributed by atoms with Gasteiger partial charge in [-0.05, 0) is 45.2 Å². The van der Waals surface area contributed by atoms with Crippen LogP contribution in [-0.2, 0) is 12.8 Å². The predicted molar refractivity (Wildman–Crippen MR) is 85.2 cm³/mol. The number of hydrogen-bond donors (Lipinski definition) is 0. The summed E-state index contributed by atoms with van der Waals surface area (Å²) in [7, 11) is 0. The maximum atomic E-state index is 3.64. The fraction of sp³-hybridized carbons (Fsp3) is 0.125. The molecular weight excluding hydrogens is 352 g/mol. The second-order valence-corrected chi connectivity index (χ2v) is 6.95. The van der Waals surface area contributed by atoms with Gasteiger partial charge >= 0.3 is 0 Å². The van der Waals surface area contributed by atoms with Crippen LogP contribution < -0.4 is 0 Å². The quantitative estimate of drug-likeness (QED) is 0.587. The first-order valence-electron chi connectivity index (χ1n) is 6.02. The molecule has 2 heteroatoms. The summed E-state index contributed by atoms with van der Waals surface area (Å²) in [6, 6.07) is 9.02. The molecule has 0 spiro atoms. The molecule has 2 aliphatic carbocycles. The zero-order valence-electron chi connectivity index (χ0n) is 9.63. The highest BCUT2D eigenvalue weighted by molar-refractivity contribution is 9.12. The summed E-state index contributed by atoms with van der Waals surface area (Å²) in [5.74, 6) is 0. The minimum absolute atomic E-state index is 1.01. The maximum absolute atomic E-state index is 3.64. The smallest absolute Gasteiger partial charge is 0.00472 e. The van der Waals surface area contributed by atoms with Crippen LogP contribution in [-0.4, -0.2) is 0 Å². The van der Waals surface area contributed by atoms with Crippen LogP contribution in [0.15, 0.2) is 33.2 Å². The van der Waals surface area contributed by atoms with E-state index in [-0.39, 0.29) is 0 Å². The topological polar surface area (TPSA) is 0 Å². The standard InChI is InChI=1S/C16H10Br2/c17-13-5-9-1-2-10-6-14(18)8-12-4-3-11(7-13)15(9)16(10)12/h1-5,8H,6-7H2. The van der Waals surface area contributed by atoms with Crippen LogP contribution in [0, 0.1) is 0 Å². The van der Waals surface area contributed by atoms with Gasteiger partial charge in [0.15, 0.2) is 0 Å². The van der Waals surface area contributed by atoms with E-state index in [0.29, 0.717) is 0 Å². The number of hydrogen-bond acceptors (Lipinski definition) is 0. The highest BCUT2D eigenvalue weighted by atomic mass is 79.9. The van der Waals surface area contributed by atoms with E-state index in [2.05, 4.69) is 68.3 Å². The van der Waals surface area contributed by atoms with Crippen molar-refractivity contribution in [2.24, 2.45) is 0 Å². The summed E-state index contributed by atoms with van der Waals surface area (Å²) < 4.78 is 2.54. The van der Waals surface area contributed by atoms with Crippen molar-refractivity contribution in [1.29, 1.82) is 0 Å². The summed E-state index contributed by atoms with van der Waals surface area (Å²) in [5, 5.41) is 2.90. The third kappa shape index (κ3) is 1.49. The van der Waals surface area contributed by atoms with Gasteiger partial charge in [-0.1, -0.05) is 56.1 Å². The van der Waals surface area contributed by atoms with Crippen molar-refractivity contribution in [2.75, 3.05) is 0 Å². The van der Waals surface area contributed by atoms with Crippen molar-refractivity contribution in [3.05, 3.63) is 55.5 Å². The molecule has 0 N–H and O–H groups in total.